The van der Waals surface area contributed by atoms with Gasteiger partial charge in [-0.1, -0.05) is 6.07 Å². The van der Waals surface area contributed by atoms with E-state index in [1.54, 1.807) is 19.2 Å². The van der Waals surface area contributed by atoms with Gasteiger partial charge in [0.25, 0.3) is 0 Å². The third kappa shape index (κ3) is 5.98. The Hall–Kier alpha value is -0.980. The Morgan fingerprint density at radius 1 is 1.45 bits per heavy atom. The molecule has 0 aromatic heterocycles. The summed E-state index contributed by atoms with van der Waals surface area (Å²) < 4.78 is 18.4. The van der Waals surface area contributed by atoms with Crippen LogP contribution in [-0.4, -0.2) is 32.7 Å². The van der Waals surface area contributed by atoms with Crippen molar-refractivity contribution in [3.05, 3.63) is 34.1 Å². The summed E-state index contributed by atoms with van der Waals surface area (Å²) in [6.45, 7) is 3.58. The molecule has 0 fully saturated rings. The van der Waals surface area contributed by atoms with E-state index < -0.39 is 0 Å². The van der Waals surface area contributed by atoms with Crippen molar-refractivity contribution in [2.24, 2.45) is 0 Å². The number of carbonyl (C=O) groups excluding carboxylic acids is 1. The fourth-order valence-corrected chi connectivity index (χ4v) is 2.08. The Kier molecular flexibility index (Phi) is 7.72. The van der Waals surface area contributed by atoms with Crippen LogP contribution in [0.2, 0.25) is 0 Å². The van der Waals surface area contributed by atoms with E-state index in [9.17, 15) is 9.18 Å². The zero-order valence-corrected chi connectivity index (χ0v) is 13.3. The van der Waals surface area contributed by atoms with Gasteiger partial charge < -0.3 is 15.4 Å². The zero-order valence-electron chi connectivity index (χ0n) is 11.7. The fraction of sp³-hybridized carbons (Fsp3) is 0.500. The maximum atomic E-state index is 13.1. The van der Waals surface area contributed by atoms with E-state index >= 15 is 0 Å². The molecule has 0 aliphatic carbocycles. The second-order valence-electron chi connectivity index (χ2n) is 4.44. The van der Waals surface area contributed by atoms with Crippen LogP contribution in [0, 0.1) is 5.82 Å². The van der Waals surface area contributed by atoms with Crippen molar-refractivity contribution in [3.8, 4) is 0 Å². The van der Waals surface area contributed by atoms with Gasteiger partial charge in [0.05, 0.1) is 11.1 Å². The molecule has 0 saturated heterocycles. The molecule has 1 atom stereocenters. The van der Waals surface area contributed by atoms with Crippen molar-refractivity contribution in [1.29, 1.82) is 0 Å². The molecule has 1 aromatic rings. The van der Waals surface area contributed by atoms with Crippen LogP contribution < -0.4 is 10.6 Å². The van der Waals surface area contributed by atoms with Crippen LogP contribution >= 0.6 is 15.9 Å². The molecule has 0 bridgehead atoms. The molecule has 0 heterocycles. The lowest BCUT2D eigenvalue weighted by atomic mass is 10.1. The molecule has 0 aliphatic rings. The van der Waals surface area contributed by atoms with E-state index in [1.165, 1.54) is 6.07 Å². The van der Waals surface area contributed by atoms with Crippen molar-refractivity contribution >= 4 is 21.8 Å². The van der Waals surface area contributed by atoms with Gasteiger partial charge in [-0.3, -0.25) is 4.79 Å². The van der Waals surface area contributed by atoms with Gasteiger partial charge in [0.1, 0.15) is 5.82 Å². The highest BCUT2D eigenvalue weighted by Gasteiger charge is 2.08. The minimum absolute atomic E-state index is 0.0120. The summed E-state index contributed by atoms with van der Waals surface area (Å²) in [5.74, 6) is -0.291. The summed E-state index contributed by atoms with van der Waals surface area (Å²) in [5.41, 5.74) is 0.970. The maximum absolute atomic E-state index is 13.1. The predicted molar refractivity (Wildman–Crippen MR) is 80.0 cm³/mol. The Morgan fingerprint density at radius 2 is 2.20 bits per heavy atom. The number of nitrogens with one attached hydrogen (secondary N) is 2. The molecule has 4 nitrogen and oxygen atoms in total. The van der Waals surface area contributed by atoms with Gasteiger partial charge in [-0.2, -0.15) is 0 Å². The monoisotopic (exact) mass is 346 g/mol. The van der Waals surface area contributed by atoms with Crippen molar-refractivity contribution in [2.45, 2.75) is 19.4 Å². The van der Waals surface area contributed by atoms with Crippen molar-refractivity contribution < 1.29 is 13.9 Å². The molecule has 0 aliphatic heterocycles. The number of methoxy groups -OCH3 is 1. The largest absolute Gasteiger partial charge is 0.383 e. The number of ether oxygens (including phenoxy) is 1. The van der Waals surface area contributed by atoms with Crippen LogP contribution in [0.5, 0.6) is 0 Å². The van der Waals surface area contributed by atoms with Crippen molar-refractivity contribution in [2.75, 3.05) is 26.8 Å². The minimum atomic E-state index is -0.279. The molecule has 1 aromatic carbocycles. The van der Waals surface area contributed by atoms with E-state index in [-0.39, 0.29) is 17.8 Å². The number of carbonyl (C=O) groups is 1. The Balaban J connectivity index is 2.30. The molecule has 1 rings (SSSR count). The summed E-state index contributed by atoms with van der Waals surface area (Å²) in [7, 11) is 1.59. The highest BCUT2D eigenvalue weighted by Crippen LogP contribution is 2.21. The van der Waals surface area contributed by atoms with E-state index in [1.807, 2.05) is 6.92 Å². The topological polar surface area (TPSA) is 50.4 Å². The molecular formula is C14H20BrFN2O2. The highest BCUT2D eigenvalue weighted by molar-refractivity contribution is 9.10. The number of hydrogen-bond donors (Lipinski definition) is 2. The third-order valence-electron chi connectivity index (χ3n) is 2.87. The van der Waals surface area contributed by atoms with Gasteiger partial charge in [0.15, 0.2) is 0 Å². The Labute approximate surface area is 127 Å². The van der Waals surface area contributed by atoms with Crippen LogP contribution in [-0.2, 0) is 9.53 Å². The molecule has 0 saturated carbocycles. The van der Waals surface area contributed by atoms with Crippen LogP contribution in [0.4, 0.5) is 4.39 Å². The van der Waals surface area contributed by atoms with Crippen LogP contribution in [0.1, 0.15) is 24.9 Å². The summed E-state index contributed by atoms with van der Waals surface area (Å²) >= 11 is 3.16. The molecule has 1 unspecified atom stereocenters. The lowest BCUT2D eigenvalue weighted by Crippen LogP contribution is -2.30. The molecule has 0 spiro atoms. The number of rotatable bonds is 8. The van der Waals surface area contributed by atoms with Gasteiger partial charge in [0, 0.05) is 32.7 Å². The molecule has 1 amide bonds. The van der Waals surface area contributed by atoms with E-state index in [0.29, 0.717) is 30.6 Å². The molecule has 6 heteroatoms. The number of hydrogen-bond acceptors (Lipinski definition) is 3. The van der Waals surface area contributed by atoms with Crippen LogP contribution in [0.25, 0.3) is 0 Å². The first-order valence-electron chi connectivity index (χ1n) is 6.48. The first-order chi connectivity index (χ1) is 9.54. The first-order valence-corrected chi connectivity index (χ1v) is 7.28. The Bertz CT molecular complexity index is 443. The van der Waals surface area contributed by atoms with E-state index in [0.717, 1.165) is 5.56 Å². The maximum Gasteiger partial charge on any atom is 0.221 e. The van der Waals surface area contributed by atoms with Crippen molar-refractivity contribution in [3.63, 3.8) is 0 Å². The smallest absolute Gasteiger partial charge is 0.221 e. The molecule has 112 valence electrons. The van der Waals surface area contributed by atoms with E-state index in [4.69, 9.17) is 4.74 Å². The quantitative estimate of drug-likeness (QED) is 0.710. The van der Waals surface area contributed by atoms with E-state index in [2.05, 4.69) is 26.6 Å². The normalized spacial score (nSPS) is 12.2. The third-order valence-corrected chi connectivity index (χ3v) is 3.48. The standard InChI is InChI=1S/C14H20BrFN2O2/c1-10(11-3-4-13(16)12(15)9-11)17-6-5-14(19)18-7-8-20-2/h3-4,9-10,17H,5-8H2,1-2H3,(H,18,19). The number of halogens is 2. The number of benzene rings is 1. The first kappa shape index (κ1) is 17.1. The van der Waals surface area contributed by atoms with Gasteiger partial charge in [0.2, 0.25) is 5.91 Å². The molecule has 2 N–H and O–H groups in total. The zero-order chi connectivity index (χ0) is 15.0. The Morgan fingerprint density at radius 3 is 2.85 bits per heavy atom. The lowest BCUT2D eigenvalue weighted by molar-refractivity contribution is -0.121. The highest BCUT2D eigenvalue weighted by atomic mass is 79.9. The summed E-state index contributed by atoms with van der Waals surface area (Å²) in [6, 6.07) is 4.95. The summed E-state index contributed by atoms with van der Waals surface area (Å²) in [4.78, 5) is 11.5. The summed E-state index contributed by atoms with van der Waals surface area (Å²) in [5, 5.41) is 5.98. The molecule has 20 heavy (non-hydrogen) atoms. The fourth-order valence-electron chi connectivity index (χ4n) is 1.68. The van der Waals surface area contributed by atoms with Gasteiger partial charge >= 0.3 is 0 Å². The summed E-state index contributed by atoms with van der Waals surface area (Å²) in [6.07, 6.45) is 0.399. The predicted octanol–water partition coefficient (Wildman–Crippen LogP) is 2.39. The average molecular weight is 347 g/mol. The van der Waals surface area contributed by atoms with Crippen LogP contribution in [0.3, 0.4) is 0 Å². The van der Waals surface area contributed by atoms with Gasteiger partial charge in [-0.05, 0) is 40.5 Å². The van der Waals surface area contributed by atoms with Crippen LogP contribution in [0.15, 0.2) is 22.7 Å². The van der Waals surface area contributed by atoms with Gasteiger partial charge in [-0.15, -0.1) is 0 Å². The lowest BCUT2D eigenvalue weighted by Gasteiger charge is -2.14. The second-order valence-corrected chi connectivity index (χ2v) is 5.30. The van der Waals surface area contributed by atoms with Crippen molar-refractivity contribution in [1.82, 2.24) is 10.6 Å². The average Bonchev–Trinajstić information content (AvgIpc) is 2.42. The molecule has 0 radical (unpaired) electrons. The SMILES string of the molecule is COCCNC(=O)CCNC(C)c1ccc(F)c(Br)c1. The molecular weight excluding hydrogens is 327 g/mol. The second kappa shape index (κ2) is 9.05. The minimum Gasteiger partial charge on any atom is -0.383 e. The van der Waals surface area contributed by atoms with Gasteiger partial charge in [-0.25, -0.2) is 4.39 Å². The number of amides is 1.